The zero-order valence-corrected chi connectivity index (χ0v) is 17.4. The Balaban J connectivity index is 2.35. The highest BCUT2D eigenvalue weighted by Gasteiger charge is 2.44. The van der Waals surface area contributed by atoms with Crippen molar-refractivity contribution >= 4 is 39.7 Å². The summed E-state index contributed by atoms with van der Waals surface area (Å²) in [5.41, 5.74) is -0.402. The van der Waals surface area contributed by atoms with Gasteiger partial charge in [-0.2, -0.15) is 13.2 Å². The lowest BCUT2D eigenvalue weighted by atomic mass is 9.94. The Morgan fingerprint density at radius 1 is 1.28 bits per heavy atom. The molecule has 0 amide bonds. The summed E-state index contributed by atoms with van der Waals surface area (Å²) in [6.07, 6.45) is -2.59. The van der Waals surface area contributed by atoms with E-state index in [1.165, 1.54) is 27.4 Å². The Labute approximate surface area is 174 Å². The first-order valence-corrected chi connectivity index (χ1v) is 9.02. The normalized spacial score (nSPS) is 17.4. The monoisotopic (exact) mass is 474 g/mol. The van der Waals surface area contributed by atoms with Crippen molar-refractivity contribution in [1.29, 1.82) is 0 Å². The molecule has 0 saturated heterocycles. The topological polar surface area (TPSA) is 68.2 Å². The van der Waals surface area contributed by atoms with Crippen LogP contribution in [0.4, 0.5) is 13.2 Å². The molecule has 1 aliphatic heterocycles. The summed E-state index contributed by atoms with van der Waals surface area (Å²) in [7, 11) is 2.55. The standard InChI is InChI=1S/C19H18BrF3N2O4/c1-11-17(19(21,22)23)25(20)15(9-24-11)16(26)8-12-6-4-5-7-13(12)14(10-28-2)18(27)29-3/h4-7,9-10,15H,8H2,1-3H3. The average Bonchev–Trinajstić information content (AvgIpc) is 2.65. The van der Waals surface area contributed by atoms with Gasteiger partial charge in [0, 0.05) is 12.6 Å². The van der Waals surface area contributed by atoms with Gasteiger partial charge in [-0.3, -0.25) is 13.7 Å². The Morgan fingerprint density at radius 3 is 2.52 bits per heavy atom. The highest BCUT2D eigenvalue weighted by Crippen LogP contribution is 2.37. The maximum atomic E-state index is 13.3. The highest BCUT2D eigenvalue weighted by molar-refractivity contribution is 9.07. The maximum absolute atomic E-state index is 13.3. The molecular weight excluding hydrogens is 457 g/mol. The van der Waals surface area contributed by atoms with Gasteiger partial charge in [-0.1, -0.05) is 24.3 Å². The number of benzene rings is 1. The number of hydrogen-bond donors (Lipinski definition) is 0. The van der Waals surface area contributed by atoms with Crippen molar-refractivity contribution in [2.24, 2.45) is 4.99 Å². The van der Waals surface area contributed by atoms with E-state index in [2.05, 4.69) is 21.1 Å². The molecule has 0 bridgehead atoms. The van der Waals surface area contributed by atoms with Crippen LogP contribution < -0.4 is 0 Å². The Morgan fingerprint density at radius 2 is 1.93 bits per heavy atom. The number of hydrogen-bond acceptors (Lipinski definition) is 6. The van der Waals surface area contributed by atoms with Crippen LogP contribution in [0.15, 0.2) is 46.9 Å². The van der Waals surface area contributed by atoms with Crippen molar-refractivity contribution < 1.29 is 32.2 Å². The molecule has 1 heterocycles. The number of rotatable bonds is 6. The van der Waals surface area contributed by atoms with Gasteiger partial charge in [0.25, 0.3) is 0 Å². The molecule has 0 radical (unpaired) electrons. The minimum Gasteiger partial charge on any atom is -0.503 e. The minimum absolute atomic E-state index is 0.0816. The highest BCUT2D eigenvalue weighted by atomic mass is 79.9. The fourth-order valence-corrected chi connectivity index (χ4v) is 3.60. The second-order valence-electron chi connectivity index (χ2n) is 6.03. The van der Waals surface area contributed by atoms with Crippen LogP contribution in [0.2, 0.25) is 0 Å². The van der Waals surface area contributed by atoms with Gasteiger partial charge >= 0.3 is 12.1 Å². The third kappa shape index (κ3) is 5.06. The molecule has 156 valence electrons. The molecule has 1 aromatic carbocycles. The van der Waals surface area contributed by atoms with E-state index in [9.17, 15) is 22.8 Å². The van der Waals surface area contributed by atoms with E-state index >= 15 is 0 Å². The Kier molecular flexibility index (Phi) is 7.23. The quantitative estimate of drug-likeness (QED) is 0.271. The van der Waals surface area contributed by atoms with Crippen LogP contribution in [0.25, 0.3) is 5.57 Å². The Hall–Kier alpha value is -2.62. The first-order chi connectivity index (χ1) is 13.6. The lowest BCUT2D eigenvalue weighted by molar-refractivity contribution is -0.134. The summed E-state index contributed by atoms with van der Waals surface area (Å²) in [4.78, 5) is 28.6. The maximum Gasteiger partial charge on any atom is 0.433 e. The second-order valence-corrected chi connectivity index (χ2v) is 6.79. The number of halogens is 4. The number of aliphatic imine (C=N–C) groups is 1. The number of carbonyl (C=O) groups excluding carboxylic acids is 2. The van der Waals surface area contributed by atoms with Crippen molar-refractivity contribution in [3.8, 4) is 0 Å². The van der Waals surface area contributed by atoms with Crippen LogP contribution in [0, 0.1) is 0 Å². The number of ether oxygens (including phenoxy) is 2. The fourth-order valence-electron chi connectivity index (χ4n) is 2.81. The summed E-state index contributed by atoms with van der Waals surface area (Å²) in [5, 5.41) is 0. The van der Waals surface area contributed by atoms with E-state index in [1.54, 1.807) is 24.3 Å². The van der Waals surface area contributed by atoms with E-state index in [4.69, 9.17) is 9.47 Å². The molecule has 0 N–H and O–H groups in total. The molecule has 29 heavy (non-hydrogen) atoms. The molecule has 0 spiro atoms. The van der Waals surface area contributed by atoms with Crippen molar-refractivity contribution in [3.05, 3.63) is 53.0 Å². The number of methoxy groups -OCH3 is 2. The SMILES string of the molecule is COC=C(C(=O)OC)c1ccccc1CC(=O)C1C=NC(C)=C(C(F)(F)F)N1Br. The molecule has 2 rings (SSSR count). The third-order valence-electron chi connectivity index (χ3n) is 4.12. The number of nitrogens with zero attached hydrogens (tertiary/aromatic N) is 2. The molecule has 1 unspecified atom stereocenters. The van der Waals surface area contributed by atoms with Crippen LogP contribution in [0.5, 0.6) is 0 Å². The third-order valence-corrected chi connectivity index (χ3v) is 4.92. The van der Waals surface area contributed by atoms with Gasteiger partial charge in [-0.15, -0.1) is 0 Å². The van der Waals surface area contributed by atoms with Gasteiger partial charge in [-0.25, -0.2) is 4.79 Å². The molecule has 0 fully saturated rings. The van der Waals surface area contributed by atoms with E-state index in [0.29, 0.717) is 15.1 Å². The van der Waals surface area contributed by atoms with Gasteiger partial charge < -0.3 is 9.47 Å². The van der Waals surface area contributed by atoms with Crippen LogP contribution in [-0.2, 0) is 25.5 Å². The van der Waals surface area contributed by atoms with Gasteiger partial charge in [0.05, 0.1) is 42.3 Å². The zero-order valence-electron chi connectivity index (χ0n) is 15.8. The van der Waals surface area contributed by atoms with Crippen molar-refractivity contribution in [2.45, 2.75) is 25.6 Å². The average molecular weight is 475 g/mol. The number of esters is 1. The number of carbonyl (C=O) groups is 2. The predicted molar refractivity (Wildman–Crippen MR) is 104 cm³/mol. The van der Waals surface area contributed by atoms with E-state index < -0.39 is 29.7 Å². The number of alkyl halides is 3. The molecular formula is C19H18BrF3N2O4. The molecule has 1 atom stereocenters. The van der Waals surface area contributed by atoms with Crippen molar-refractivity contribution in [2.75, 3.05) is 14.2 Å². The lowest BCUT2D eigenvalue weighted by Gasteiger charge is -2.31. The first kappa shape index (κ1) is 22.7. The van der Waals surface area contributed by atoms with Gasteiger partial charge in [0.15, 0.2) is 11.5 Å². The first-order valence-electron chi connectivity index (χ1n) is 8.31. The molecule has 6 nitrogen and oxygen atoms in total. The number of Topliss-reactive ketones (excluding diaryl/α,β-unsaturated/α-hetero) is 1. The van der Waals surface area contributed by atoms with E-state index in [0.717, 1.165) is 6.21 Å². The second kappa shape index (κ2) is 9.25. The molecule has 0 saturated carbocycles. The fraction of sp³-hybridized carbons (Fsp3) is 0.316. The molecule has 0 aromatic heterocycles. The smallest absolute Gasteiger partial charge is 0.433 e. The largest absolute Gasteiger partial charge is 0.503 e. The van der Waals surface area contributed by atoms with Crippen molar-refractivity contribution in [1.82, 2.24) is 3.93 Å². The van der Waals surface area contributed by atoms with Crippen molar-refractivity contribution in [3.63, 3.8) is 0 Å². The van der Waals surface area contributed by atoms with Crippen LogP contribution >= 0.6 is 16.1 Å². The molecule has 1 aliphatic rings. The molecule has 10 heteroatoms. The summed E-state index contributed by atoms with van der Waals surface area (Å²) < 4.78 is 50.2. The summed E-state index contributed by atoms with van der Waals surface area (Å²) in [6.45, 7) is 1.21. The Bertz CT molecular complexity index is 894. The van der Waals surface area contributed by atoms with Gasteiger partial charge in [0.1, 0.15) is 11.6 Å². The lowest BCUT2D eigenvalue weighted by Crippen LogP contribution is -2.42. The number of allylic oxidation sites excluding steroid dienone is 2. The van der Waals surface area contributed by atoms with Gasteiger partial charge in [0.2, 0.25) is 0 Å². The molecule has 0 aliphatic carbocycles. The molecule has 1 aromatic rings. The van der Waals surface area contributed by atoms with E-state index in [-0.39, 0.29) is 17.7 Å². The summed E-state index contributed by atoms with van der Waals surface area (Å²) in [6, 6.07) is 5.24. The minimum atomic E-state index is -4.68. The summed E-state index contributed by atoms with van der Waals surface area (Å²) in [5.74, 6) is -1.22. The number of ketones is 1. The van der Waals surface area contributed by atoms with Crippen LogP contribution in [-0.4, -0.2) is 48.3 Å². The van der Waals surface area contributed by atoms with Crippen LogP contribution in [0.3, 0.4) is 0 Å². The zero-order chi connectivity index (χ0) is 21.8. The summed E-state index contributed by atoms with van der Waals surface area (Å²) >= 11 is 2.86. The van der Waals surface area contributed by atoms with Gasteiger partial charge in [-0.05, 0) is 18.1 Å². The van der Waals surface area contributed by atoms with Crippen LogP contribution in [0.1, 0.15) is 18.1 Å². The predicted octanol–water partition coefficient (Wildman–Crippen LogP) is 3.82. The van der Waals surface area contributed by atoms with E-state index in [1.807, 2.05) is 0 Å².